The average molecular weight is 752 g/mol. The van der Waals surface area contributed by atoms with Crippen LogP contribution in [0.4, 0.5) is 0 Å². The van der Waals surface area contributed by atoms with E-state index in [2.05, 4.69) is 31.2 Å². The maximum atomic E-state index is 14.0. The molecule has 0 fully saturated rings. The second-order valence-corrected chi connectivity index (χ2v) is 13.3. The summed E-state index contributed by atoms with van der Waals surface area (Å²) in [6, 6.07) is 6.43. The van der Waals surface area contributed by atoms with Gasteiger partial charge in [-0.15, -0.1) is 0 Å². The van der Waals surface area contributed by atoms with Crippen LogP contribution in [0.25, 0.3) is 10.9 Å². The molecule has 0 radical (unpaired) electrons. The molecular weight excluding hydrogens is 702 g/mol. The Morgan fingerprint density at radius 1 is 0.778 bits per heavy atom. The summed E-state index contributed by atoms with van der Waals surface area (Å²) in [7, 11) is 0. The van der Waals surface area contributed by atoms with Gasteiger partial charge in [0.2, 0.25) is 23.6 Å². The number of phenols is 1. The lowest BCUT2D eigenvalue weighted by Crippen LogP contribution is -2.59. The van der Waals surface area contributed by atoms with Crippen molar-refractivity contribution in [3.05, 3.63) is 65.9 Å². The number of hydrogen-bond acceptors (Lipinski definition) is 9. The first kappa shape index (κ1) is 42.2. The molecule has 18 heteroatoms. The van der Waals surface area contributed by atoms with Crippen molar-refractivity contribution in [1.29, 1.82) is 0 Å². The number of guanidine groups is 1. The van der Waals surface area contributed by atoms with E-state index in [1.807, 2.05) is 18.2 Å². The molecule has 292 valence electrons. The second kappa shape index (κ2) is 20.2. The quantitative estimate of drug-likeness (QED) is 0.0376. The number of aromatic nitrogens is 1. The number of aliphatic imine (C=N–C) groups is 1. The highest BCUT2D eigenvalue weighted by atomic mass is 16.4. The highest BCUT2D eigenvalue weighted by Crippen LogP contribution is 2.20. The molecule has 0 bridgehead atoms. The second-order valence-electron chi connectivity index (χ2n) is 13.3. The number of fused-ring (bicyclic) bond motifs is 1. The van der Waals surface area contributed by atoms with Crippen LogP contribution in [-0.2, 0) is 41.6 Å². The Morgan fingerprint density at radius 2 is 1.37 bits per heavy atom. The van der Waals surface area contributed by atoms with Crippen molar-refractivity contribution in [2.45, 2.75) is 82.6 Å². The molecule has 1 heterocycles. The third-order valence-corrected chi connectivity index (χ3v) is 8.37. The predicted octanol–water partition coefficient (Wildman–Crippen LogP) is -0.416. The Bertz CT molecular complexity index is 1810. The molecule has 0 aliphatic carbocycles. The Morgan fingerprint density at radius 3 is 2.00 bits per heavy atom. The molecule has 0 saturated carbocycles. The van der Waals surface area contributed by atoms with Crippen molar-refractivity contribution in [2.24, 2.45) is 28.1 Å². The van der Waals surface area contributed by atoms with Gasteiger partial charge in [0, 0.05) is 36.5 Å². The van der Waals surface area contributed by atoms with E-state index in [0.29, 0.717) is 11.1 Å². The molecule has 1 aromatic heterocycles. The van der Waals surface area contributed by atoms with E-state index in [4.69, 9.17) is 22.3 Å². The minimum atomic E-state index is -1.44. The van der Waals surface area contributed by atoms with Gasteiger partial charge in [-0.05, 0) is 54.5 Å². The number of carbonyl (C=O) groups is 6. The average Bonchev–Trinajstić information content (AvgIpc) is 3.51. The molecule has 0 unspecified atom stereocenters. The summed E-state index contributed by atoms with van der Waals surface area (Å²) in [4.78, 5) is 84.6. The molecule has 54 heavy (non-hydrogen) atoms. The molecule has 0 aliphatic rings. The minimum Gasteiger partial charge on any atom is -0.508 e. The lowest BCUT2D eigenvalue weighted by atomic mass is 10.0. The van der Waals surface area contributed by atoms with Crippen molar-refractivity contribution >= 4 is 52.4 Å². The van der Waals surface area contributed by atoms with Crippen LogP contribution >= 0.6 is 0 Å². The summed E-state index contributed by atoms with van der Waals surface area (Å²) >= 11 is 0. The fraction of sp³-hybridized carbons (Fsp3) is 0.417. The molecule has 3 aromatic rings. The van der Waals surface area contributed by atoms with E-state index < -0.39 is 72.2 Å². The number of hydrogen-bond donors (Lipinski definition) is 11. The maximum absolute atomic E-state index is 14.0. The van der Waals surface area contributed by atoms with E-state index in [-0.39, 0.29) is 56.3 Å². The van der Waals surface area contributed by atoms with Gasteiger partial charge >= 0.3 is 11.9 Å². The number of carboxylic acids is 2. The van der Waals surface area contributed by atoms with Gasteiger partial charge in [0.25, 0.3) is 0 Å². The van der Waals surface area contributed by atoms with Crippen molar-refractivity contribution < 1.29 is 44.1 Å². The number of benzene rings is 2. The fourth-order valence-electron chi connectivity index (χ4n) is 5.65. The summed E-state index contributed by atoms with van der Waals surface area (Å²) in [6.07, 6.45) is 1.06. The number of rotatable bonds is 21. The highest BCUT2D eigenvalue weighted by molar-refractivity contribution is 5.96. The van der Waals surface area contributed by atoms with Gasteiger partial charge in [-0.2, -0.15) is 0 Å². The van der Waals surface area contributed by atoms with Crippen LogP contribution in [0, 0.1) is 5.92 Å². The number of nitrogens with one attached hydrogen (secondary N) is 5. The molecule has 0 saturated heterocycles. The molecular formula is C36H49N9O9. The predicted molar refractivity (Wildman–Crippen MR) is 199 cm³/mol. The molecule has 4 amide bonds. The molecule has 0 aliphatic heterocycles. The van der Waals surface area contributed by atoms with Crippen LogP contribution in [0.2, 0.25) is 0 Å². The molecule has 2 aromatic carbocycles. The van der Waals surface area contributed by atoms with E-state index >= 15 is 0 Å². The standard InChI is InChI=1S/C36H49N9O9/c1-19(2)14-27(43-31(49)24(37)17-30(47)48)33(51)42-26(8-5-13-40-36(38)39)32(50)44-28(15-20-9-11-22(46)12-10-20)34(52)45-29(35(53)54)16-21-18-41-25-7-4-3-6-23(21)25/h3-4,6-7,9-12,18-19,24,26-29,41,46H,5,8,13-17,37H2,1-2H3,(H,42,51)(H,43,49)(H,44,50)(H,45,52)(H,47,48)(H,53,54)(H4,38,39,40)/t24-,26-,27-,28-,29-/m0/s1. The lowest BCUT2D eigenvalue weighted by Gasteiger charge is -2.27. The Labute approximate surface area is 311 Å². The van der Waals surface area contributed by atoms with Crippen molar-refractivity contribution in [1.82, 2.24) is 26.3 Å². The normalized spacial score (nSPS) is 13.9. The number of aromatic hydroxyl groups is 1. The number of nitrogens with two attached hydrogens (primary N) is 3. The summed E-state index contributed by atoms with van der Waals surface area (Å²) in [5.74, 6) is -6.26. The van der Waals surface area contributed by atoms with Gasteiger partial charge < -0.3 is 58.8 Å². The van der Waals surface area contributed by atoms with Crippen LogP contribution in [0.5, 0.6) is 5.75 Å². The fourth-order valence-corrected chi connectivity index (χ4v) is 5.65. The number of para-hydroxylation sites is 1. The Balaban J connectivity index is 1.89. The van der Waals surface area contributed by atoms with Gasteiger partial charge in [0.05, 0.1) is 12.5 Å². The van der Waals surface area contributed by atoms with Crippen LogP contribution in [0.15, 0.2) is 59.7 Å². The number of carbonyl (C=O) groups excluding carboxylic acids is 4. The Kier molecular flexibility index (Phi) is 15.8. The zero-order chi connectivity index (χ0) is 39.9. The smallest absolute Gasteiger partial charge is 0.326 e. The number of amides is 4. The van der Waals surface area contributed by atoms with Crippen molar-refractivity contribution in [3.63, 3.8) is 0 Å². The number of aliphatic carboxylic acids is 2. The topological polar surface area (TPSA) is 317 Å². The highest BCUT2D eigenvalue weighted by Gasteiger charge is 2.32. The molecule has 3 rings (SSSR count). The van der Waals surface area contributed by atoms with Gasteiger partial charge in [-0.25, -0.2) is 4.79 Å². The number of carboxylic acid groups (broad SMARTS) is 2. The van der Waals surface area contributed by atoms with Crippen LogP contribution in [-0.4, -0.2) is 98.6 Å². The summed E-state index contributed by atoms with van der Waals surface area (Å²) in [5.41, 5.74) is 18.5. The number of H-pyrrole nitrogens is 1. The SMILES string of the molecule is CC(C)C[C@H](NC(=O)[C@@H](N)CC(=O)O)C(=O)N[C@@H](CCCN=C(N)N)C(=O)N[C@@H](Cc1ccc(O)cc1)C(=O)N[C@@H](Cc1c[nH]c2ccccc12)C(=O)O. The molecule has 18 nitrogen and oxygen atoms in total. The monoisotopic (exact) mass is 751 g/mol. The number of nitrogens with zero attached hydrogens (tertiary/aromatic N) is 1. The van der Waals surface area contributed by atoms with E-state index in [9.17, 15) is 39.0 Å². The van der Waals surface area contributed by atoms with Gasteiger partial charge in [0.15, 0.2) is 5.96 Å². The third-order valence-electron chi connectivity index (χ3n) is 8.37. The van der Waals surface area contributed by atoms with Crippen LogP contribution < -0.4 is 38.5 Å². The first-order chi connectivity index (χ1) is 25.5. The van der Waals surface area contributed by atoms with Crippen molar-refractivity contribution in [3.8, 4) is 5.75 Å². The summed E-state index contributed by atoms with van der Waals surface area (Å²) < 4.78 is 0. The van der Waals surface area contributed by atoms with Gasteiger partial charge in [-0.1, -0.05) is 44.2 Å². The molecule has 5 atom stereocenters. The van der Waals surface area contributed by atoms with E-state index in [1.165, 1.54) is 24.3 Å². The largest absolute Gasteiger partial charge is 0.508 e. The lowest BCUT2D eigenvalue weighted by molar-refractivity contribution is -0.142. The summed E-state index contributed by atoms with van der Waals surface area (Å²) in [5, 5.41) is 40.0. The zero-order valence-corrected chi connectivity index (χ0v) is 30.1. The maximum Gasteiger partial charge on any atom is 0.326 e. The van der Waals surface area contributed by atoms with Gasteiger partial charge in [-0.3, -0.25) is 29.0 Å². The Hall–Kier alpha value is -6.17. The first-order valence-corrected chi connectivity index (χ1v) is 17.3. The zero-order valence-electron chi connectivity index (χ0n) is 30.1. The van der Waals surface area contributed by atoms with E-state index in [1.54, 1.807) is 26.1 Å². The van der Waals surface area contributed by atoms with Crippen molar-refractivity contribution in [2.75, 3.05) is 6.54 Å². The molecule has 0 spiro atoms. The van der Waals surface area contributed by atoms with Crippen LogP contribution in [0.1, 0.15) is 50.7 Å². The van der Waals surface area contributed by atoms with Crippen LogP contribution in [0.3, 0.4) is 0 Å². The minimum absolute atomic E-state index is 0.0267. The van der Waals surface area contributed by atoms with E-state index in [0.717, 1.165) is 10.9 Å². The number of phenolic OH excluding ortho intramolecular Hbond substituents is 1. The number of aromatic amines is 1. The van der Waals surface area contributed by atoms with Gasteiger partial charge in [0.1, 0.15) is 29.9 Å². The summed E-state index contributed by atoms with van der Waals surface area (Å²) in [6.45, 7) is 3.67. The molecule has 14 N–H and O–H groups in total. The first-order valence-electron chi connectivity index (χ1n) is 17.3. The third kappa shape index (κ3) is 13.4.